The van der Waals surface area contributed by atoms with E-state index in [1.807, 2.05) is 6.07 Å². The third-order valence-corrected chi connectivity index (χ3v) is 20.0. The summed E-state index contributed by atoms with van der Waals surface area (Å²) in [6.45, 7) is 10.8. The van der Waals surface area contributed by atoms with Crippen molar-refractivity contribution in [2.75, 3.05) is 123 Å². The molecule has 3 aromatic heterocycles. The van der Waals surface area contributed by atoms with E-state index in [1.165, 1.54) is 49.6 Å². The number of nitrogens with zero attached hydrogens (tertiary/aromatic N) is 8. The molecule has 0 bridgehead atoms. The van der Waals surface area contributed by atoms with Gasteiger partial charge in [-0.3, -0.25) is 23.4 Å². The van der Waals surface area contributed by atoms with Crippen molar-refractivity contribution >= 4 is 90.9 Å². The van der Waals surface area contributed by atoms with Crippen LogP contribution in [0.4, 0.5) is 17.3 Å². The van der Waals surface area contributed by atoms with Crippen molar-refractivity contribution in [3.8, 4) is 0 Å². The maximum atomic E-state index is 13.2. The Kier molecular flexibility index (Phi) is 24.8. The maximum absolute atomic E-state index is 13.2. The molecule has 0 spiro atoms. The molecule has 1 fully saturated rings. The number of anilines is 2. The number of hydrogen-bond donors (Lipinski definition) is 6. The van der Waals surface area contributed by atoms with Gasteiger partial charge in [-0.25, -0.2) is 9.55 Å². The monoisotopic (exact) mass is 1440 g/mol. The van der Waals surface area contributed by atoms with Crippen LogP contribution in [0.1, 0.15) is 64.3 Å². The van der Waals surface area contributed by atoms with Crippen LogP contribution >= 0.6 is 24.2 Å². The van der Waals surface area contributed by atoms with Crippen molar-refractivity contribution in [3.63, 3.8) is 0 Å². The molecule has 0 saturated carbocycles. The average Bonchev–Trinajstić information content (AvgIpc) is 1.58. The lowest BCUT2D eigenvalue weighted by atomic mass is 9.79. The summed E-state index contributed by atoms with van der Waals surface area (Å²) in [7, 11) is -14.1. The molecule has 0 amide bonds. The van der Waals surface area contributed by atoms with Crippen LogP contribution in [0.15, 0.2) is 144 Å². The fourth-order valence-corrected chi connectivity index (χ4v) is 15.0. The number of imidazole rings is 1. The molecule has 30 nitrogen and oxygen atoms in total. The van der Waals surface area contributed by atoms with E-state index in [-0.39, 0.29) is 132 Å². The van der Waals surface area contributed by atoms with Gasteiger partial charge in [-0.05, 0) is 87.8 Å². The predicted octanol–water partition coefficient (Wildman–Crippen LogP) is 6.51. The first-order valence-electron chi connectivity index (χ1n) is 32.8. The predicted molar refractivity (Wildman–Crippen MR) is 370 cm³/mol. The number of benzene rings is 5. The second-order valence-corrected chi connectivity index (χ2v) is 28.8. The minimum absolute atomic E-state index is 0.0229. The number of fused-ring (bicyclic) bond motifs is 8. The third kappa shape index (κ3) is 18.1. The number of aromatic amines is 1. The second kappa shape index (κ2) is 33.5. The van der Waals surface area contributed by atoms with Gasteiger partial charge in [0.2, 0.25) is 11.6 Å². The minimum Gasteiger partial charge on any atom is -0.606 e. The van der Waals surface area contributed by atoms with Gasteiger partial charge in [-0.2, -0.15) is 37.5 Å². The zero-order valence-electron chi connectivity index (χ0n) is 55.9. The molecular weight excluding hydrogens is 1360 g/mol. The van der Waals surface area contributed by atoms with Crippen LogP contribution in [-0.2, 0) is 66.4 Å². The molecule has 33 heteroatoms. The number of aliphatic hydroxyl groups is 1. The number of ether oxygens (including phenoxy) is 6. The highest BCUT2D eigenvalue weighted by Gasteiger charge is 2.48. The maximum Gasteiger partial charge on any atom is 0.472 e. The van der Waals surface area contributed by atoms with E-state index in [0.717, 1.165) is 21.6 Å². The van der Waals surface area contributed by atoms with Crippen LogP contribution in [0.5, 0.6) is 0 Å². The van der Waals surface area contributed by atoms with Crippen molar-refractivity contribution in [2.24, 2.45) is 0 Å². The average molecular weight is 1440 g/mol. The van der Waals surface area contributed by atoms with E-state index >= 15 is 0 Å². The quantitative estimate of drug-likeness (QED) is 0.0103. The van der Waals surface area contributed by atoms with Crippen LogP contribution in [0, 0.1) is 0 Å². The highest BCUT2D eigenvalue weighted by atomic mass is 31.2. The van der Waals surface area contributed by atoms with Crippen molar-refractivity contribution in [1.82, 2.24) is 34.7 Å². The van der Waals surface area contributed by atoms with Crippen LogP contribution in [0.25, 0.3) is 43.7 Å². The smallest absolute Gasteiger partial charge is 0.472 e. The largest absolute Gasteiger partial charge is 0.606 e. The molecule has 11 rings (SSSR count). The third-order valence-electron chi connectivity index (χ3n) is 17.1. The summed E-state index contributed by atoms with van der Waals surface area (Å²) >= 11 is 0. The fourth-order valence-electron chi connectivity index (χ4n) is 12.7. The summed E-state index contributed by atoms with van der Waals surface area (Å²) in [5, 5.41) is 22.2. The zero-order chi connectivity index (χ0) is 70.5. The molecule has 536 valence electrons. The van der Waals surface area contributed by atoms with Gasteiger partial charge in [0.25, 0.3) is 5.56 Å². The lowest BCUT2D eigenvalue weighted by Gasteiger charge is -2.27. The van der Waals surface area contributed by atoms with E-state index in [0.29, 0.717) is 31.4 Å². The SMILES string of the molecule is CC1(C)C(=CC=CC=CC2=[N+](CCCO[P+]([O-])(O)OCCOCCOCCOCCOCCOCCOP(=O)(O)O[C@H]3C[C@H](n4cnc5c(=O)[nH]c(N)nc54)O[C@@H]3CO[P+]([O-])(O)On3nnc4ccccc43)c3ccc4ccccc4c3C2(C)C)N(CCCO)c2ccc3ccccc3c21. The summed E-state index contributed by atoms with van der Waals surface area (Å²) in [5.74, 6) is -0.203. The normalized spacial score (nSPS) is 19.7. The number of hydrogen-bond acceptors (Lipinski definition) is 25. The Morgan fingerprint density at radius 2 is 1.38 bits per heavy atom. The molecule has 6 heterocycles. The number of allylic oxidation sites excluding steroid dienone is 6. The zero-order valence-corrected chi connectivity index (χ0v) is 58.6. The summed E-state index contributed by atoms with van der Waals surface area (Å²) in [4.78, 5) is 84.0. The van der Waals surface area contributed by atoms with Crippen LogP contribution in [-0.4, -0.2) is 189 Å². The van der Waals surface area contributed by atoms with Crippen LogP contribution < -0.4 is 30.6 Å². The summed E-state index contributed by atoms with van der Waals surface area (Å²) in [5.41, 5.74) is 12.1. The Labute approximate surface area is 577 Å². The molecule has 0 radical (unpaired) electrons. The molecule has 8 aromatic rings. The van der Waals surface area contributed by atoms with E-state index in [4.69, 9.17) is 61.4 Å². The molecule has 3 aliphatic rings. The number of nitrogens with one attached hydrogen (secondary N) is 1. The van der Waals surface area contributed by atoms with Crippen LogP contribution in [0.3, 0.4) is 0 Å². The Balaban J connectivity index is 0.545. The number of phosphoric acid groups is 3. The summed E-state index contributed by atoms with van der Waals surface area (Å²) in [6, 6.07) is 32.0. The number of aromatic nitrogens is 7. The lowest BCUT2D eigenvalue weighted by Crippen LogP contribution is -2.32. The molecule has 5 aromatic carbocycles. The second-order valence-electron chi connectivity index (χ2n) is 24.6. The van der Waals surface area contributed by atoms with E-state index < -0.39 is 54.8 Å². The summed E-state index contributed by atoms with van der Waals surface area (Å²) in [6.07, 6.45) is 9.09. The van der Waals surface area contributed by atoms with Gasteiger partial charge in [-0.1, -0.05) is 98.8 Å². The molecule has 0 aliphatic carbocycles. The van der Waals surface area contributed by atoms with E-state index in [2.05, 4.69) is 160 Å². The molecule has 7 N–H and O–H groups in total. The van der Waals surface area contributed by atoms with Gasteiger partial charge in [0.05, 0.1) is 84.4 Å². The van der Waals surface area contributed by atoms with Crippen molar-refractivity contribution in [3.05, 3.63) is 161 Å². The van der Waals surface area contributed by atoms with Gasteiger partial charge in [0.15, 0.2) is 23.4 Å². The molecule has 6 atom stereocenters. The highest BCUT2D eigenvalue weighted by Crippen LogP contribution is 2.53. The minimum atomic E-state index is -4.92. The number of phosphoric ester groups is 3. The molecule has 3 unspecified atom stereocenters. The highest BCUT2D eigenvalue weighted by molar-refractivity contribution is 7.53. The van der Waals surface area contributed by atoms with E-state index in [1.54, 1.807) is 24.3 Å². The summed E-state index contributed by atoms with van der Waals surface area (Å²) < 4.78 is 82.2. The lowest BCUT2D eigenvalue weighted by molar-refractivity contribution is -0.438. The standard InChI is InChI=1S/C67H83N10O20P3/c1-66(2)57(74(28-14-30-78)53-26-24-47-16-8-10-18-49(47)60(53)66)22-6-5-7-23-58-67(3,4)61-50-19-11-9-17-48(50)25-27-54(61)75(58)29-15-31-91-98(80,81)92-42-40-89-38-36-87-34-32-86-33-35-88-37-39-90-41-43-93-99(82,83)96-55-44-59(76-46-69-62-63(76)70-65(68)71-64(62)79)95-56(55)45-94-100(84,85)97-77-52-21-13-12-20-51(52)72-73-77/h5-13,16-27,46,55-56,59,78H,14-15,28-45H2,1-4H3,(H5-,68,70,71,79,80,81,82,83,84,85)/p+1/t55-,56+,59+/m0/s1. The number of para-hydroxylation sites is 1. The Bertz CT molecular complexity index is 4350. The topological polar surface area (TPSA) is 381 Å². The number of H-pyrrole nitrogens is 1. The Morgan fingerprint density at radius 1 is 0.750 bits per heavy atom. The Morgan fingerprint density at radius 3 is 2.08 bits per heavy atom. The fraction of sp³-hybridized carbons (Fsp3) is 0.433. The van der Waals surface area contributed by atoms with E-state index in [9.17, 15) is 38.9 Å². The number of nitrogen functional groups attached to an aromatic ring is 1. The number of aliphatic hydroxyl groups excluding tert-OH is 1. The van der Waals surface area contributed by atoms with Gasteiger partial charge in [0.1, 0.15) is 49.3 Å². The van der Waals surface area contributed by atoms with Gasteiger partial charge >= 0.3 is 24.2 Å². The van der Waals surface area contributed by atoms with Gasteiger partial charge in [-0.15, -0.1) is 5.10 Å². The van der Waals surface area contributed by atoms with Crippen molar-refractivity contribution in [2.45, 2.75) is 76.2 Å². The Hall–Kier alpha value is -6.93. The molecule has 100 heavy (non-hydrogen) atoms. The first kappa shape index (κ1) is 74.3. The number of nitrogens with two attached hydrogens (primary N) is 1. The van der Waals surface area contributed by atoms with Gasteiger partial charge < -0.3 is 58.8 Å². The molecule has 3 aliphatic heterocycles. The molecule has 1 saturated heterocycles. The van der Waals surface area contributed by atoms with Crippen molar-refractivity contribution < 1.29 is 94.4 Å². The van der Waals surface area contributed by atoms with Gasteiger partial charge in [0, 0.05) is 60.5 Å². The first-order valence-corrected chi connectivity index (χ1v) is 37.3. The number of rotatable bonds is 39. The first-order chi connectivity index (χ1) is 48.1. The van der Waals surface area contributed by atoms with Crippen molar-refractivity contribution in [1.29, 1.82) is 0 Å². The molecular formula is C67H84N10O20P3+. The van der Waals surface area contributed by atoms with Crippen LogP contribution in [0.2, 0.25) is 0 Å².